The molecule has 84 heavy (non-hydrogen) atoms. The zero-order chi connectivity index (χ0) is 57.9. The molecule has 1 aliphatic heterocycles. The highest BCUT2D eigenvalue weighted by molar-refractivity contribution is 7.39. The highest BCUT2D eigenvalue weighted by atomic mass is 32.1. The third kappa shape index (κ3) is 12.2. The first kappa shape index (κ1) is 60.7. The molecule has 440 valence electrons. The minimum atomic E-state index is -2.37. The normalized spacial score (nSPS) is 15.7. The largest absolute Gasteiger partial charge is 0.172 e. The lowest BCUT2D eigenvalue weighted by molar-refractivity contribution is 0.452. The molecule has 4 atom stereocenters. The molecule has 0 radical (unpaired) electrons. The Labute approximate surface area is 537 Å². The zero-order valence-corrected chi connectivity index (χ0v) is 58.8. The van der Waals surface area contributed by atoms with Crippen molar-refractivity contribution in [2.24, 2.45) is 23.7 Å². The number of hydrogen-bond donors (Lipinski definition) is 0. The topological polar surface area (TPSA) is 51.6 Å². The van der Waals surface area contributed by atoms with Gasteiger partial charge in [0.25, 0.3) is 0 Å². The minimum absolute atomic E-state index is 0.706. The number of fused-ring (bicyclic) bond motifs is 7. The van der Waals surface area contributed by atoms with E-state index in [-0.39, 0.29) is 0 Å². The van der Waals surface area contributed by atoms with Crippen molar-refractivity contribution in [1.82, 2.24) is 17.5 Å². The highest BCUT2D eigenvalue weighted by Gasteiger charge is 2.51. The van der Waals surface area contributed by atoms with Crippen molar-refractivity contribution in [3.05, 3.63) is 94.7 Å². The van der Waals surface area contributed by atoms with Crippen LogP contribution >= 0.6 is 103 Å². The Morgan fingerprint density at radius 1 is 0.369 bits per heavy atom. The maximum absolute atomic E-state index is 5.15. The molecular weight excluding hydrogens is 1210 g/mol. The lowest BCUT2D eigenvalue weighted by Crippen LogP contribution is -2.57. The predicted octanol–water partition coefficient (Wildman–Crippen LogP) is 24.8. The van der Waals surface area contributed by atoms with Gasteiger partial charge in [-0.05, 0) is 120 Å². The summed E-state index contributed by atoms with van der Waals surface area (Å²) in [6.45, 7) is 19.1. The maximum Gasteiger partial charge on any atom is 0.124 e. The summed E-state index contributed by atoms with van der Waals surface area (Å²) in [4.78, 5) is 16.9. The number of benzene rings is 2. The highest BCUT2D eigenvalue weighted by Crippen LogP contribution is 2.54. The van der Waals surface area contributed by atoms with E-state index in [9.17, 15) is 0 Å². The second kappa shape index (κ2) is 27.5. The van der Waals surface area contributed by atoms with E-state index in [4.69, 9.17) is 17.5 Å². The van der Waals surface area contributed by atoms with Gasteiger partial charge in [-0.3, -0.25) is 0 Å². The van der Waals surface area contributed by atoms with Crippen LogP contribution in [-0.2, 0) is 12.8 Å². The van der Waals surface area contributed by atoms with Gasteiger partial charge < -0.3 is 0 Å². The molecule has 12 rings (SSSR count). The molecule has 0 spiro atoms. The van der Waals surface area contributed by atoms with E-state index in [0.717, 1.165) is 33.9 Å². The fourth-order valence-electron chi connectivity index (χ4n) is 13.6. The average Bonchev–Trinajstić information content (AvgIpc) is 1.58. The van der Waals surface area contributed by atoms with E-state index in [2.05, 4.69) is 174 Å². The van der Waals surface area contributed by atoms with Crippen LogP contribution in [0.15, 0.2) is 84.9 Å². The summed E-state index contributed by atoms with van der Waals surface area (Å²) in [7, 11) is -2.37. The van der Waals surface area contributed by atoms with Gasteiger partial charge in [0.15, 0.2) is 0 Å². The summed E-state index contributed by atoms with van der Waals surface area (Å²) >= 11 is 16.7. The van der Waals surface area contributed by atoms with E-state index in [1.54, 1.807) is 24.8 Å². The molecule has 4 unspecified atom stereocenters. The molecule has 9 aromatic heterocycles. The summed E-state index contributed by atoms with van der Waals surface area (Å²) in [5, 5.41) is 3.50. The summed E-state index contributed by atoms with van der Waals surface area (Å²) < 4.78 is 23.4. The van der Waals surface area contributed by atoms with Gasteiger partial charge in [0, 0.05) is 90.2 Å². The second-order valence-electron chi connectivity index (χ2n) is 24.1. The number of hydrogen-bond acceptors (Lipinski definition) is 13. The van der Waals surface area contributed by atoms with Crippen molar-refractivity contribution < 1.29 is 0 Å². The van der Waals surface area contributed by atoms with Crippen LogP contribution in [0.2, 0.25) is 12.1 Å². The molecule has 1 aliphatic rings. The Morgan fingerprint density at radius 3 is 1.20 bits per heavy atom. The van der Waals surface area contributed by atoms with Crippen LogP contribution in [0, 0.1) is 23.7 Å². The number of aromatic nitrogens is 4. The molecule has 0 saturated heterocycles. The molecule has 0 aliphatic carbocycles. The van der Waals surface area contributed by atoms with Crippen molar-refractivity contribution >= 4 is 153 Å². The van der Waals surface area contributed by atoms with E-state index in [1.807, 2.05) is 45.3 Å². The fourth-order valence-corrected chi connectivity index (χ4v) is 31.9. The summed E-state index contributed by atoms with van der Waals surface area (Å²) in [6.07, 6.45) is 23.0. The monoisotopic (exact) mass is 1290 g/mol. The molecule has 0 fully saturated rings. The molecule has 4 nitrogen and oxygen atoms in total. The first-order valence-corrected chi connectivity index (χ1v) is 41.4. The molecule has 0 saturated carbocycles. The first-order valence-electron chi connectivity index (χ1n) is 31.8. The van der Waals surface area contributed by atoms with Crippen molar-refractivity contribution in [1.29, 1.82) is 0 Å². The van der Waals surface area contributed by atoms with Crippen molar-refractivity contribution in [3.63, 3.8) is 0 Å². The third-order valence-corrected chi connectivity index (χ3v) is 34.3. The van der Waals surface area contributed by atoms with Crippen LogP contribution in [0.4, 0.5) is 0 Å². The molecule has 0 amide bonds. The van der Waals surface area contributed by atoms with E-state index >= 15 is 0 Å². The van der Waals surface area contributed by atoms with Crippen molar-refractivity contribution in [2.75, 3.05) is 0 Å². The van der Waals surface area contributed by atoms with Crippen molar-refractivity contribution in [3.8, 4) is 71.0 Å². The van der Waals surface area contributed by atoms with Gasteiger partial charge >= 0.3 is 0 Å². The Hall–Kier alpha value is -3.54. The minimum Gasteiger partial charge on any atom is -0.172 e. The van der Waals surface area contributed by atoms with Crippen LogP contribution in [-0.4, -0.2) is 25.6 Å². The molecule has 11 aromatic rings. The third-order valence-electron chi connectivity index (χ3n) is 18.6. The molecule has 2 aromatic carbocycles. The van der Waals surface area contributed by atoms with Gasteiger partial charge in [-0.1, -0.05) is 182 Å². The lowest BCUT2D eigenvalue weighted by atomic mass is 9.95. The Kier molecular flexibility index (Phi) is 19.9. The van der Waals surface area contributed by atoms with E-state index in [0.29, 0.717) is 11.8 Å². The predicted molar refractivity (Wildman–Crippen MR) is 384 cm³/mol. The maximum atomic E-state index is 5.15. The van der Waals surface area contributed by atoms with Crippen molar-refractivity contribution in [2.45, 2.75) is 183 Å². The first-order chi connectivity index (χ1) is 41.2. The fraction of sp³-hybridized carbons (Fsp3) is 0.457. The Morgan fingerprint density at radius 2 is 0.762 bits per heavy atom. The number of nitrogens with zero attached hydrogens (tertiary/aromatic N) is 4. The number of thiophene rings is 7. The van der Waals surface area contributed by atoms with Gasteiger partial charge in [0.2, 0.25) is 0 Å². The van der Waals surface area contributed by atoms with Crippen LogP contribution in [0.3, 0.4) is 0 Å². The van der Waals surface area contributed by atoms with Gasteiger partial charge in [-0.2, -0.15) is 17.5 Å². The van der Waals surface area contributed by atoms with Gasteiger partial charge in [-0.15, -0.1) is 79.4 Å². The smallest absolute Gasteiger partial charge is 0.124 e. The standard InChI is InChI=1S/C70H82N4S9Si/c1-9-17-21-43(13-5)37-47-25-31-55(75-47)57-35-33-53(77-57)49-27-29-51(65-63(49)71-82-73-65)59-39-61-67(79-59)70-69(81-61)68-62(84(70,41-45(15-7)23-19-11-3)42-46(16-8)24-20-12-4)40-60(80-68)52-30-28-50(64-66(52)74-83-72-64)54-34-36-58(78-54)56-32-26-48(76-56)38-44(14-6)22-18-10-2/h25-36,39-40,43-46H,9-24,37-38,41-42H2,1-8H3. The Bertz CT molecular complexity index is 3940. The molecule has 14 heteroatoms. The summed E-state index contributed by atoms with van der Waals surface area (Å²) in [6, 6.07) is 36.2. The van der Waals surface area contributed by atoms with Crippen LogP contribution in [0.5, 0.6) is 0 Å². The summed E-state index contributed by atoms with van der Waals surface area (Å²) in [5.41, 5.74) is 9.05. The SMILES string of the molecule is CCCCC(CC)Cc1ccc(-c2ccc(-c3ccc(-c4cc5c(s4)-c4sc6cc(-c7ccc(-c8ccc(-c9ccc(CC(CC)CCCC)s9)s8)c8nsnc78)sc6c4[Si]5(CC(CC)CCCC)CC(CC)CCCC)c4nsnc34)s2)s1. The van der Waals surface area contributed by atoms with Crippen LogP contribution in [0.25, 0.3) is 102 Å². The quantitative estimate of drug-likeness (QED) is 0.0421. The number of unbranched alkanes of at least 4 members (excludes halogenated alkanes) is 4. The summed E-state index contributed by atoms with van der Waals surface area (Å²) in [5.74, 6) is 2.97. The molecule has 10 heterocycles. The zero-order valence-electron chi connectivity index (χ0n) is 50.5. The molecular formula is C70H82N4S9Si. The van der Waals surface area contributed by atoms with Gasteiger partial charge in [0.05, 0.1) is 23.5 Å². The molecule has 0 N–H and O–H groups in total. The molecule has 0 bridgehead atoms. The van der Waals surface area contributed by atoms with Crippen LogP contribution < -0.4 is 10.4 Å². The van der Waals surface area contributed by atoms with Crippen LogP contribution in [0.1, 0.15) is 168 Å². The van der Waals surface area contributed by atoms with E-state index in [1.165, 1.54) is 227 Å². The lowest BCUT2D eigenvalue weighted by Gasteiger charge is -2.36. The average molecular weight is 1300 g/mol. The number of rotatable bonds is 30. The van der Waals surface area contributed by atoms with Gasteiger partial charge in [0.1, 0.15) is 30.1 Å². The van der Waals surface area contributed by atoms with E-state index < -0.39 is 8.07 Å². The van der Waals surface area contributed by atoms with Gasteiger partial charge in [-0.25, -0.2) is 0 Å². The Balaban J connectivity index is 0.902. The second-order valence-corrected chi connectivity index (χ2v) is 36.9.